The highest BCUT2D eigenvalue weighted by atomic mass is 16.2. The van der Waals surface area contributed by atoms with Crippen molar-refractivity contribution >= 4 is 22.5 Å². The van der Waals surface area contributed by atoms with Crippen LogP contribution in [-0.2, 0) is 0 Å². The van der Waals surface area contributed by atoms with Crippen molar-refractivity contribution in [2.45, 2.75) is 6.92 Å². The number of para-hydroxylation sites is 1. The molecule has 1 heterocycles. The molecule has 104 valence electrons. The first-order valence-corrected chi connectivity index (χ1v) is 6.50. The van der Waals surface area contributed by atoms with Gasteiger partial charge in [-0.3, -0.25) is 9.59 Å². The third-order valence-corrected chi connectivity index (χ3v) is 3.14. The Labute approximate surface area is 120 Å². The summed E-state index contributed by atoms with van der Waals surface area (Å²) in [6.07, 6.45) is 0. The summed E-state index contributed by atoms with van der Waals surface area (Å²) in [4.78, 5) is 30.8. The number of hydrogen-bond donors (Lipinski definition) is 2. The van der Waals surface area contributed by atoms with Crippen molar-refractivity contribution < 1.29 is 4.79 Å². The van der Waals surface area contributed by atoms with Gasteiger partial charge in [0.05, 0.1) is 10.9 Å². The number of amides is 1. The molecule has 0 unspecified atom stereocenters. The first kappa shape index (κ1) is 13.1. The summed E-state index contributed by atoms with van der Waals surface area (Å²) in [5.41, 5.74) is 1.93. The number of rotatable bonds is 2. The molecule has 0 spiro atoms. The van der Waals surface area contributed by atoms with E-state index in [-0.39, 0.29) is 11.4 Å². The predicted octanol–water partition coefficient (Wildman–Crippen LogP) is 2.48. The van der Waals surface area contributed by atoms with Crippen LogP contribution in [0.5, 0.6) is 0 Å². The van der Waals surface area contributed by atoms with E-state index in [0.717, 1.165) is 5.56 Å². The number of aryl methyl sites for hydroxylation is 1. The van der Waals surface area contributed by atoms with Gasteiger partial charge in [-0.05, 0) is 31.2 Å². The van der Waals surface area contributed by atoms with Gasteiger partial charge in [0.15, 0.2) is 5.82 Å². The highest BCUT2D eigenvalue weighted by Gasteiger charge is 2.11. The lowest BCUT2D eigenvalue weighted by atomic mass is 10.2. The van der Waals surface area contributed by atoms with Crippen LogP contribution in [0.15, 0.2) is 53.3 Å². The third-order valence-electron chi connectivity index (χ3n) is 3.14. The lowest BCUT2D eigenvalue weighted by Crippen LogP contribution is -2.21. The molecule has 3 aromatic rings. The van der Waals surface area contributed by atoms with Crippen molar-refractivity contribution in [3.8, 4) is 0 Å². The Morgan fingerprint density at radius 1 is 1.10 bits per heavy atom. The molecule has 21 heavy (non-hydrogen) atoms. The lowest BCUT2D eigenvalue weighted by molar-refractivity contribution is 0.101. The molecule has 1 aromatic heterocycles. The number of nitrogens with zero attached hydrogens (tertiary/aromatic N) is 1. The van der Waals surface area contributed by atoms with Crippen LogP contribution in [0.2, 0.25) is 0 Å². The summed E-state index contributed by atoms with van der Waals surface area (Å²) in [6.45, 7) is 1.97. The number of hydrogen-bond acceptors (Lipinski definition) is 3. The number of carbonyl (C=O) groups is 1. The molecule has 0 aliphatic carbocycles. The minimum Gasteiger partial charge on any atom is -0.319 e. The molecular weight excluding hydrogens is 266 g/mol. The zero-order chi connectivity index (χ0) is 14.8. The van der Waals surface area contributed by atoms with E-state index in [1.807, 2.05) is 19.1 Å². The number of aromatic nitrogens is 2. The van der Waals surface area contributed by atoms with Crippen LogP contribution in [0.1, 0.15) is 16.2 Å². The topological polar surface area (TPSA) is 74.8 Å². The molecule has 0 saturated heterocycles. The van der Waals surface area contributed by atoms with Gasteiger partial charge >= 0.3 is 0 Å². The van der Waals surface area contributed by atoms with Gasteiger partial charge in [0, 0.05) is 5.69 Å². The fourth-order valence-corrected chi connectivity index (χ4v) is 2.02. The van der Waals surface area contributed by atoms with Crippen LogP contribution in [0.3, 0.4) is 0 Å². The van der Waals surface area contributed by atoms with E-state index in [1.165, 1.54) is 0 Å². The normalized spacial score (nSPS) is 10.5. The van der Waals surface area contributed by atoms with Crippen molar-refractivity contribution in [2.75, 3.05) is 5.32 Å². The van der Waals surface area contributed by atoms with Crippen molar-refractivity contribution in [3.05, 3.63) is 70.3 Å². The Hall–Kier alpha value is -2.95. The molecule has 0 atom stereocenters. The second-order valence-electron chi connectivity index (χ2n) is 4.75. The SMILES string of the molecule is Cc1ccc(NC(=O)c2nc3ccccc3c(=O)[nH]2)cc1. The van der Waals surface area contributed by atoms with Gasteiger partial charge in [0.2, 0.25) is 0 Å². The molecule has 0 aliphatic rings. The number of benzene rings is 2. The summed E-state index contributed by atoms with van der Waals surface area (Å²) in [5.74, 6) is -0.444. The molecular formula is C16H13N3O2. The number of anilines is 1. The van der Waals surface area contributed by atoms with Gasteiger partial charge in [-0.1, -0.05) is 29.8 Å². The smallest absolute Gasteiger partial charge is 0.291 e. The van der Waals surface area contributed by atoms with Crippen LogP contribution in [0, 0.1) is 6.92 Å². The first-order chi connectivity index (χ1) is 10.1. The maximum atomic E-state index is 12.2. The Kier molecular flexibility index (Phi) is 3.23. The fraction of sp³-hybridized carbons (Fsp3) is 0.0625. The van der Waals surface area contributed by atoms with E-state index < -0.39 is 5.91 Å². The highest BCUT2D eigenvalue weighted by molar-refractivity contribution is 6.02. The number of fused-ring (bicyclic) bond motifs is 1. The van der Waals surface area contributed by atoms with Crippen molar-refractivity contribution in [3.63, 3.8) is 0 Å². The van der Waals surface area contributed by atoms with Crippen LogP contribution < -0.4 is 10.9 Å². The van der Waals surface area contributed by atoms with E-state index in [2.05, 4.69) is 15.3 Å². The Bertz CT molecular complexity index is 867. The standard InChI is InChI=1S/C16H13N3O2/c1-10-6-8-11(9-7-10)17-16(21)14-18-13-5-3-2-4-12(13)15(20)19-14/h2-9H,1H3,(H,17,21)(H,18,19,20). The number of nitrogens with one attached hydrogen (secondary N) is 2. The molecule has 3 rings (SSSR count). The Morgan fingerprint density at radius 2 is 1.81 bits per heavy atom. The van der Waals surface area contributed by atoms with Crippen LogP contribution in [0.4, 0.5) is 5.69 Å². The first-order valence-electron chi connectivity index (χ1n) is 6.50. The molecule has 5 heteroatoms. The lowest BCUT2D eigenvalue weighted by Gasteiger charge is -2.05. The van der Waals surface area contributed by atoms with Gasteiger partial charge in [-0.15, -0.1) is 0 Å². The van der Waals surface area contributed by atoms with Gasteiger partial charge in [0.25, 0.3) is 11.5 Å². The Morgan fingerprint density at radius 3 is 2.57 bits per heavy atom. The molecule has 5 nitrogen and oxygen atoms in total. The summed E-state index contributed by atoms with van der Waals surface area (Å²) in [5, 5.41) is 3.17. The van der Waals surface area contributed by atoms with E-state index >= 15 is 0 Å². The van der Waals surface area contributed by atoms with Crippen molar-refractivity contribution in [1.82, 2.24) is 9.97 Å². The second-order valence-corrected chi connectivity index (χ2v) is 4.75. The summed E-state index contributed by atoms with van der Waals surface area (Å²) >= 11 is 0. The summed E-state index contributed by atoms with van der Waals surface area (Å²) < 4.78 is 0. The monoisotopic (exact) mass is 279 g/mol. The minimum atomic E-state index is -0.443. The van der Waals surface area contributed by atoms with Crippen molar-refractivity contribution in [2.24, 2.45) is 0 Å². The van der Waals surface area contributed by atoms with Crippen LogP contribution in [0.25, 0.3) is 10.9 Å². The minimum absolute atomic E-state index is 0.000671. The number of H-pyrrole nitrogens is 1. The Balaban J connectivity index is 1.94. The molecule has 0 saturated carbocycles. The molecule has 0 radical (unpaired) electrons. The van der Waals surface area contributed by atoms with Crippen molar-refractivity contribution in [1.29, 1.82) is 0 Å². The summed E-state index contributed by atoms with van der Waals surface area (Å²) in [7, 11) is 0. The zero-order valence-electron chi connectivity index (χ0n) is 11.4. The molecule has 2 aromatic carbocycles. The van der Waals surface area contributed by atoms with Gasteiger partial charge in [-0.2, -0.15) is 0 Å². The summed E-state index contributed by atoms with van der Waals surface area (Å²) in [6, 6.07) is 14.3. The molecule has 0 fully saturated rings. The number of aromatic amines is 1. The van der Waals surface area contributed by atoms with Crippen LogP contribution in [-0.4, -0.2) is 15.9 Å². The van der Waals surface area contributed by atoms with E-state index in [1.54, 1.807) is 36.4 Å². The molecule has 0 aliphatic heterocycles. The average molecular weight is 279 g/mol. The molecule has 2 N–H and O–H groups in total. The van der Waals surface area contributed by atoms with Gasteiger partial charge < -0.3 is 10.3 Å². The molecule has 0 bridgehead atoms. The maximum Gasteiger partial charge on any atom is 0.291 e. The van der Waals surface area contributed by atoms with Gasteiger partial charge in [-0.25, -0.2) is 4.98 Å². The van der Waals surface area contributed by atoms with E-state index in [9.17, 15) is 9.59 Å². The molecule has 1 amide bonds. The van der Waals surface area contributed by atoms with E-state index in [0.29, 0.717) is 16.6 Å². The number of carbonyl (C=O) groups excluding carboxylic acids is 1. The van der Waals surface area contributed by atoms with Gasteiger partial charge in [0.1, 0.15) is 0 Å². The van der Waals surface area contributed by atoms with Crippen LogP contribution >= 0.6 is 0 Å². The zero-order valence-corrected chi connectivity index (χ0v) is 11.4. The van der Waals surface area contributed by atoms with E-state index in [4.69, 9.17) is 0 Å². The highest BCUT2D eigenvalue weighted by Crippen LogP contribution is 2.10. The quantitative estimate of drug-likeness (QED) is 0.756. The third kappa shape index (κ3) is 2.67. The average Bonchev–Trinajstić information content (AvgIpc) is 2.49. The largest absolute Gasteiger partial charge is 0.319 e. The fourth-order valence-electron chi connectivity index (χ4n) is 2.02. The predicted molar refractivity (Wildman–Crippen MR) is 81.5 cm³/mol. The maximum absolute atomic E-state index is 12.2. The second kappa shape index (κ2) is 5.20.